The number of alkyl halides is 2. The maximum absolute atomic E-state index is 12.5. The first-order valence-corrected chi connectivity index (χ1v) is 5.27. The van der Waals surface area contributed by atoms with Gasteiger partial charge in [-0.05, 0) is 6.42 Å². The van der Waals surface area contributed by atoms with E-state index in [1.807, 2.05) is 0 Å². The Hall–Kier alpha value is -0.710. The second kappa shape index (κ2) is 7.56. The van der Waals surface area contributed by atoms with Crippen molar-refractivity contribution in [1.29, 1.82) is 0 Å². The van der Waals surface area contributed by atoms with E-state index in [-0.39, 0.29) is 12.3 Å². The quantitative estimate of drug-likeness (QED) is 0.615. The number of carbonyl (C=O) groups is 1. The summed E-state index contributed by atoms with van der Waals surface area (Å²) in [5.74, 6) is -3.58. The highest BCUT2D eigenvalue weighted by Gasteiger charge is 2.27. The van der Waals surface area contributed by atoms with Crippen LogP contribution >= 0.6 is 0 Å². The molecule has 0 aliphatic heterocycles. The zero-order chi connectivity index (χ0) is 11.7. The van der Waals surface area contributed by atoms with E-state index in [0.717, 1.165) is 25.7 Å². The molecule has 0 saturated heterocycles. The monoisotopic (exact) mass is 223 g/mol. The Kier molecular flexibility index (Phi) is 7.21. The average Bonchev–Trinajstić information content (AvgIpc) is 2.22. The number of aliphatic hydroxyl groups excluding tert-OH is 1. The third-order valence-electron chi connectivity index (χ3n) is 2.03. The Morgan fingerprint density at radius 2 is 2.00 bits per heavy atom. The van der Waals surface area contributed by atoms with Crippen LogP contribution in [-0.4, -0.2) is 30.1 Å². The van der Waals surface area contributed by atoms with E-state index in [4.69, 9.17) is 5.11 Å². The molecule has 0 aromatic rings. The predicted octanol–water partition coefficient (Wildman–Crippen LogP) is 1.70. The van der Waals surface area contributed by atoms with Crippen molar-refractivity contribution in [1.82, 2.24) is 5.32 Å². The number of carbonyl (C=O) groups excluding carboxylic acids is 1. The van der Waals surface area contributed by atoms with Crippen molar-refractivity contribution in [3.8, 4) is 0 Å². The highest BCUT2D eigenvalue weighted by atomic mass is 19.3. The SMILES string of the molecule is CCCCCCC(=O)NCC(F)(F)CO. The van der Waals surface area contributed by atoms with Crippen LogP contribution in [0.5, 0.6) is 0 Å². The van der Waals surface area contributed by atoms with E-state index in [1.54, 1.807) is 0 Å². The van der Waals surface area contributed by atoms with Gasteiger partial charge >= 0.3 is 0 Å². The summed E-state index contributed by atoms with van der Waals surface area (Å²) in [7, 11) is 0. The van der Waals surface area contributed by atoms with Gasteiger partial charge in [0, 0.05) is 6.42 Å². The lowest BCUT2D eigenvalue weighted by Crippen LogP contribution is -2.38. The van der Waals surface area contributed by atoms with E-state index in [9.17, 15) is 13.6 Å². The molecule has 0 aliphatic rings. The van der Waals surface area contributed by atoms with Crippen molar-refractivity contribution in [3.63, 3.8) is 0 Å². The highest BCUT2D eigenvalue weighted by Crippen LogP contribution is 2.10. The first kappa shape index (κ1) is 14.3. The molecule has 0 aliphatic carbocycles. The molecule has 0 radical (unpaired) electrons. The molecule has 0 spiro atoms. The Morgan fingerprint density at radius 3 is 2.53 bits per heavy atom. The summed E-state index contributed by atoms with van der Waals surface area (Å²) >= 11 is 0. The van der Waals surface area contributed by atoms with Gasteiger partial charge in [0.05, 0.1) is 6.54 Å². The summed E-state index contributed by atoms with van der Waals surface area (Å²) < 4.78 is 25.0. The van der Waals surface area contributed by atoms with E-state index < -0.39 is 19.1 Å². The zero-order valence-electron chi connectivity index (χ0n) is 9.06. The van der Waals surface area contributed by atoms with Crippen molar-refractivity contribution in [2.75, 3.05) is 13.2 Å². The molecule has 90 valence electrons. The first-order chi connectivity index (χ1) is 7.02. The molecule has 0 aromatic carbocycles. The summed E-state index contributed by atoms with van der Waals surface area (Å²) in [6, 6.07) is 0. The van der Waals surface area contributed by atoms with E-state index >= 15 is 0 Å². The topological polar surface area (TPSA) is 49.3 Å². The van der Waals surface area contributed by atoms with E-state index in [2.05, 4.69) is 12.2 Å². The highest BCUT2D eigenvalue weighted by molar-refractivity contribution is 5.75. The van der Waals surface area contributed by atoms with Gasteiger partial charge in [0.2, 0.25) is 5.91 Å². The molecule has 2 N–H and O–H groups in total. The molecular formula is C10H19F2NO2. The summed E-state index contributed by atoms with van der Waals surface area (Å²) in [5.41, 5.74) is 0. The van der Waals surface area contributed by atoms with Crippen LogP contribution in [0.4, 0.5) is 8.78 Å². The molecule has 0 atom stereocenters. The number of amides is 1. The van der Waals surface area contributed by atoms with Crippen molar-refractivity contribution in [3.05, 3.63) is 0 Å². The van der Waals surface area contributed by atoms with Crippen LogP contribution in [0.2, 0.25) is 0 Å². The van der Waals surface area contributed by atoms with E-state index in [1.165, 1.54) is 0 Å². The standard InChI is InChI=1S/C10H19F2NO2/c1-2-3-4-5-6-9(15)13-7-10(11,12)8-14/h14H,2-8H2,1H3,(H,13,15). The largest absolute Gasteiger partial charge is 0.390 e. The number of rotatable bonds is 8. The number of unbranched alkanes of at least 4 members (excludes halogenated alkanes) is 3. The number of aliphatic hydroxyl groups is 1. The first-order valence-electron chi connectivity index (χ1n) is 5.27. The number of hydrogen-bond acceptors (Lipinski definition) is 2. The summed E-state index contributed by atoms with van der Waals surface area (Å²) in [6.45, 7) is 0.0428. The van der Waals surface area contributed by atoms with Crippen LogP contribution in [0.1, 0.15) is 39.0 Å². The fourth-order valence-corrected chi connectivity index (χ4v) is 1.08. The maximum Gasteiger partial charge on any atom is 0.287 e. The van der Waals surface area contributed by atoms with Gasteiger partial charge in [0.25, 0.3) is 5.92 Å². The number of nitrogens with one attached hydrogen (secondary N) is 1. The Bertz CT molecular complexity index is 186. The van der Waals surface area contributed by atoms with Gasteiger partial charge in [-0.25, -0.2) is 8.78 Å². The Balaban J connectivity index is 3.49. The smallest absolute Gasteiger partial charge is 0.287 e. The van der Waals surface area contributed by atoms with Crippen LogP contribution in [0.25, 0.3) is 0 Å². The van der Waals surface area contributed by atoms with Crippen molar-refractivity contribution >= 4 is 5.91 Å². The number of hydrogen-bond donors (Lipinski definition) is 2. The third kappa shape index (κ3) is 8.30. The van der Waals surface area contributed by atoms with Crippen LogP contribution < -0.4 is 5.32 Å². The minimum Gasteiger partial charge on any atom is -0.390 e. The third-order valence-corrected chi connectivity index (χ3v) is 2.03. The summed E-state index contributed by atoms with van der Waals surface area (Å²) in [6.07, 6.45) is 4.08. The van der Waals surface area contributed by atoms with Gasteiger partial charge in [0.15, 0.2) is 0 Å². The van der Waals surface area contributed by atoms with Crippen molar-refractivity contribution < 1.29 is 18.7 Å². The van der Waals surface area contributed by atoms with Gasteiger partial charge in [-0.1, -0.05) is 26.2 Å². The lowest BCUT2D eigenvalue weighted by molar-refractivity contribution is -0.124. The zero-order valence-corrected chi connectivity index (χ0v) is 9.06. The van der Waals surface area contributed by atoms with E-state index in [0.29, 0.717) is 0 Å². The predicted molar refractivity (Wildman–Crippen MR) is 53.8 cm³/mol. The summed E-state index contributed by atoms with van der Waals surface area (Å²) in [5, 5.41) is 10.4. The van der Waals surface area contributed by atoms with Gasteiger partial charge in [-0.3, -0.25) is 4.79 Å². The fraction of sp³-hybridized carbons (Fsp3) is 0.900. The van der Waals surface area contributed by atoms with Gasteiger partial charge in [-0.2, -0.15) is 0 Å². The second-order valence-corrected chi connectivity index (χ2v) is 3.60. The van der Waals surface area contributed by atoms with Gasteiger partial charge < -0.3 is 10.4 Å². The van der Waals surface area contributed by atoms with Gasteiger partial charge in [0.1, 0.15) is 6.61 Å². The van der Waals surface area contributed by atoms with Crippen LogP contribution in [-0.2, 0) is 4.79 Å². The number of halogens is 2. The maximum atomic E-state index is 12.5. The van der Waals surface area contributed by atoms with Gasteiger partial charge in [-0.15, -0.1) is 0 Å². The fourth-order valence-electron chi connectivity index (χ4n) is 1.08. The van der Waals surface area contributed by atoms with Crippen LogP contribution in [0, 0.1) is 0 Å². The van der Waals surface area contributed by atoms with Crippen LogP contribution in [0.3, 0.4) is 0 Å². The lowest BCUT2D eigenvalue weighted by Gasteiger charge is -2.13. The molecule has 0 aromatic heterocycles. The average molecular weight is 223 g/mol. The molecule has 0 fully saturated rings. The second-order valence-electron chi connectivity index (χ2n) is 3.60. The molecule has 0 bridgehead atoms. The minimum absolute atomic E-state index is 0.279. The summed E-state index contributed by atoms with van der Waals surface area (Å²) in [4.78, 5) is 11.0. The molecule has 0 unspecified atom stereocenters. The Labute approximate surface area is 88.9 Å². The Morgan fingerprint density at radius 1 is 1.33 bits per heavy atom. The van der Waals surface area contributed by atoms with Crippen molar-refractivity contribution in [2.45, 2.75) is 45.0 Å². The normalized spacial score (nSPS) is 11.5. The minimum atomic E-state index is -3.21. The molecule has 15 heavy (non-hydrogen) atoms. The lowest BCUT2D eigenvalue weighted by atomic mass is 10.1. The molecular weight excluding hydrogens is 204 g/mol. The molecule has 0 rings (SSSR count). The van der Waals surface area contributed by atoms with Crippen molar-refractivity contribution in [2.24, 2.45) is 0 Å². The van der Waals surface area contributed by atoms with Crippen LogP contribution in [0.15, 0.2) is 0 Å². The molecule has 3 nitrogen and oxygen atoms in total. The molecule has 1 amide bonds. The molecule has 5 heteroatoms. The molecule has 0 heterocycles. The molecule has 0 saturated carbocycles.